The second-order valence-electron chi connectivity index (χ2n) is 11.7. The summed E-state index contributed by atoms with van der Waals surface area (Å²) in [6.07, 6.45) is 1.82. The molecule has 0 aromatic rings. The molecule has 0 radical (unpaired) electrons. The first-order valence-corrected chi connectivity index (χ1v) is 24.9. The van der Waals surface area contributed by atoms with Crippen molar-refractivity contribution in [3.05, 3.63) is 0 Å². The predicted molar refractivity (Wildman–Crippen MR) is 120 cm³/mol. The second kappa shape index (κ2) is 7.53. The Labute approximate surface area is 155 Å². The summed E-state index contributed by atoms with van der Waals surface area (Å²) in [6, 6.07) is 0. The summed E-state index contributed by atoms with van der Waals surface area (Å²) in [5.74, 6) is 0.187. The lowest BCUT2D eigenvalue weighted by atomic mass is 9.83. The Morgan fingerprint density at radius 2 is 1.17 bits per heavy atom. The fourth-order valence-corrected chi connectivity index (χ4v) is 98.0. The highest BCUT2D eigenvalue weighted by molar-refractivity contribution is 7.87. The van der Waals surface area contributed by atoms with Gasteiger partial charge in [-0.05, 0) is 18.3 Å². The van der Waals surface area contributed by atoms with E-state index in [1.165, 1.54) is 0 Å². The SMILES string of the molecule is CCC(CC(C)(C)C)C(=O)O[Si]([Si](C)(C)C)([Si](C)(C)C)[Si](C)(C)C. The van der Waals surface area contributed by atoms with E-state index in [4.69, 9.17) is 4.43 Å². The summed E-state index contributed by atoms with van der Waals surface area (Å²) in [5, 5.41) is 0. The zero-order chi connectivity index (χ0) is 19.8. The number of rotatable bonds is 7. The molecule has 0 fully saturated rings. The van der Waals surface area contributed by atoms with Crippen molar-refractivity contribution in [2.45, 2.75) is 99.5 Å². The van der Waals surface area contributed by atoms with E-state index < -0.39 is 29.6 Å². The van der Waals surface area contributed by atoms with Gasteiger partial charge >= 0.3 is 0 Å². The van der Waals surface area contributed by atoms with Gasteiger partial charge in [0.2, 0.25) is 6.87 Å². The Bertz CT molecular complexity index is 398. The molecule has 2 nitrogen and oxygen atoms in total. The van der Waals surface area contributed by atoms with Gasteiger partial charge in [0.1, 0.15) is 0 Å². The molecule has 0 amide bonds. The lowest BCUT2D eigenvalue weighted by Crippen LogP contribution is -2.84. The van der Waals surface area contributed by atoms with Gasteiger partial charge in [0.25, 0.3) is 5.97 Å². The van der Waals surface area contributed by atoms with Crippen LogP contribution in [0, 0.1) is 11.3 Å². The average Bonchev–Trinajstić information content (AvgIpc) is 2.26. The monoisotopic (exact) mass is 404 g/mol. The minimum Gasteiger partial charge on any atom is -0.527 e. The quantitative estimate of drug-likeness (QED) is 0.473. The lowest BCUT2D eigenvalue weighted by Gasteiger charge is -2.55. The van der Waals surface area contributed by atoms with Crippen LogP contribution in [0.15, 0.2) is 0 Å². The average molecular weight is 405 g/mol. The molecule has 0 rings (SSSR count). The Balaban J connectivity index is 6.02. The molecule has 0 aliphatic carbocycles. The highest BCUT2D eigenvalue weighted by Gasteiger charge is 2.66. The van der Waals surface area contributed by atoms with Gasteiger partial charge in [0, 0.05) is 0 Å². The van der Waals surface area contributed by atoms with Crippen molar-refractivity contribution >= 4 is 35.6 Å². The number of hydrogen-bond donors (Lipinski definition) is 0. The van der Waals surface area contributed by atoms with Crippen molar-refractivity contribution in [1.82, 2.24) is 0 Å². The zero-order valence-corrected chi connectivity index (χ0v) is 22.8. The summed E-state index contributed by atoms with van der Waals surface area (Å²) < 4.78 is 6.82. The molecule has 6 heteroatoms. The summed E-state index contributed by atoms with van der Waals surface area (Å²) >= 11 is 0. The smallest absolute Gasteiger partial charge is 0.295 e. The van der Waals surface area contributed by atoms with Crippen LogP contribution in [0.2, 0.25) is 58.9 Å². The molecule has 24 heavy (non-hydrogen) atoms. The minimum atomic E-state index is -2.05. The number of carbonyl (C=O) groups is 1. The molecule has 1 atom stereocenters. The van der Waals surface area contributed by atoms with Crippen molar-refractivity contribution in [3.8, 4) is 0 Å². The van der Waals surface area contributed by atoms with Crippen molar-refractivity contribution in [3.63, 3.8) is 0 Å². The predicted octanol–water partition coefficient (Wildman–Crippen LogP) is 6.19. The highest BCUT2D eigenvalue weighted by Crippen LogP contribution is 2.39. The van der Waals surface area contributed by atoms with Gasteiger partial charge in [-0.2, -0.15) is 0 Å². The van der Waals surface area contributed by atoms with Crippen molar-refractivity contribution < 1.29 is 9.22 Å². The van der Waals surface area contributed by atoms with E-state index in [9.17, 15) is 4.79 Å². The van der Waals surface area contributed by atoms with Crippen LogP contribution in [0.5, 0.6) is 0 Å². The van der Waals surface area contributed by atoms with E-state index in [0.717, 1.165) is 12.8 Å². The first-order valence-electron chi connectivity index (χ1n) is 9.53. The fourth-order valence-electron chi connectivity index (χ4n) is 5.20. The molecule has 0 aliphatic rings. The molecule has 0 heterocycles. The van der Waals surface area contributed by atoms with Crippen LogP contribution in [-0.2, 0) is 9.22 Å². The van der Waals surface area contributed by atoms with E-state index >= 15 is 0 Å². The largest absolute Gasteiger partial charge is 0.527 e. The molecule has 0 aromatic carbocycles. The Kier molecular flexibility index (Phi) is 7.63. The maximum Gasteiger partial charge on any atom is 0.295 e. The van der Waals surface area contributed by atoms with Crippen molar-refractivity contribution in [1.29, 1.82) is 0 Å². The first-order chi connectivity index (χ1) is 10.3. The molecule has 0 saturated heterocycles. The zero-order valence-electron chi connectivity index (χ0n) is 18.8. The molecule has 0 N–H and O–H groups in total. The van der Waals surface area contributed by atoms with Gasteiger partial charge in [0.05, 0.1) is 28.7 Å². The molecule has 0 saturated carbocycles. The van der Waals surface area contributed by atoms with Crippen LogP contribution in [0.4, 0.5) is 0 Å². The van der Waals surface area contributed by atoms with Crippen LogP contribution in [0.3, 0.4) is 0 Å². The van der Waals surface area contributed by atoms with E-state index in [2.05, 4.69) is 86.6 Å². The van der Waals surface area contributed by atoms with Gasteiger partial charge in [-0.25, -0.2) is 0 Å². The van der Waals surface area contributed by atoms with Crippen LogP contribution in [0.1, 0.15) is 40.5 Å². The third kappa shape index (κ3) is 5.41. The van der Waals surface area contributed by atoms with Gasteiger partial charge in [-0.3, -0.25) is 4.79 Å². The van der Waals surface area contributed by atoms with Crippen molar-refractivity contribution in [2.24, 2.45) is 11.3 Å². The molecular weight excluding hydrogens is 361 g/mol. The van der Waals surface area contributed by atoms with E-state index in [0.29, 0.717) is 0 Å². The maximum absolute atomic E-state index is 13.3. The lowest BCUT2D eigenvalue weighted by molar-refractivity contribution is -0.140. The molecule has 0 aliphatic heterocycles. The fraction of sp³-hybridized carbons (Fsp3) is 0.944. The van der Waals surface area contributed by atoms with Crippen LogP contribution < -0.4 is 0 Å². The Morgan fingerprint density at radius 1 is 0.833 bits per heavy atom. The molecule has 0 bridgehead atoms. The third-order valence-corrected chi connectivity index (χ3v) is 72.4. The van der Waals surface area contributed by atoms with E-state index in [1.807, 2.05) is 0 Å². The summed E-state index contributed by atoms with van der Waals surface area (Å²) in [6.45, 7) is 29.0. The molecular formula is C18H44O2Si4. The minimum absolute atomic E-state index is 0.0564. The molecule has 0 aromatic heterocycles. The highest BCUT2D eigenvalue weighted by atomic mass is 29.9. The number of hydrogen-bond acceptors (Lipinski definition) is 2. The standard InChI is InChI=1S/C18H44O2Si4/c1-14-16(15-18(2,3)4)17(19)20-24(21(5,6)7,22(8,9)10)23(11,12)13/h16H,14-15H2,1-13H3. The summed E-state index contributed by atoms with van der Waals surface area (Å²) in [4.78, 5) is 13.3. The first kappa shape index (κ1) is 24.3. The normalized spacial score (nSPS) is 16.0. The Morgan fingerprint density at radius 3 is 1.38 bits per heavy atom. The van der Waals surface area contributed by atoms with Gasteiger partial charge < -0.3 is 4.43 Å². The van der Waals surface area contributed by atoms with E-state index in [-0.39, 0.29) is 17.3 Å². The molecule has 1 unspecified atom stereocenters. The second-order valence-corrected chi connectivity index (χ2v) is 51.1. The summed E-state index contributed by atoms with van der Waals surface area (Å²) in [5.41, 5.74) is 0.168. The van der Waals surface area contributed by atoms with Gasteiger partial charge in [-0.1, -0.05) is 86.6 Å². The van der Waals surface area contributed by atoms with Gasteiger partial charge in [-0.15, -0.1) is 0 Å². The molecule has 144 valence electrons. The van der Waals surface area contributed by atoms with E-state index in [1.54, 1.807) is 0 Å². The van der Waals surface area contributed by atoms with Crippen LogP contribution in [0.25, 0.3) is 0 Å². The molecule has 0 spiro atoms. The third-order valence-electron chi connectivity index (χ3n) is 5.11. The van der Waals surface area contributed by atoms with Crippen molar-refractivity contribution in [2.75, 3.05) is 0 Å². The number of carbonyl (C=O) groups excluding carboxylic acids is 1. The summed E-state index contributed by atoms with van der Waals surface area (Å²) in [7, 11) is -4.71. The topological polar surface area (TPSA) is 26.3 Å². The maximum atomic E-state index is 13.3. The van der Waals surface area contributed by atoms with Crippen LogP contribution >= 0.6 is 0 Å². The Hall–Kier alpha value is 0.338. The van der Waals surface area contributed by atoms with Crippen LogP contribution in [-0.4, -0.2) is 35.6 Å². The van der Waals surface area contributed by atoms with Gasteiger partial charge in [0.15, 0.2) is 0 Å².